The lowest BCUT2D eigenvalue weighted by Gasteiger charge is -2.17. The van der Waals surface area contributed by atoms with E-state index < -0.39 is 37.3 Å². The summed E-state index contributed by atoms with van der Waals surface area (Å²) in [6.45, 7) is 0.879. The first-order valence-electron chi connectivity index (χ1n) is 6.20. The third-order valence-corrected chi connectivity index (χ3v) is 5.68. The summed E-state index contributed by atoms with van der Waals surface area (Å²) in [4.78, 5) is 10.6. The summed E-state index contributed by atoms with van der Waals surface area (Å²) >= 11 is 5.53. The predicted octanol–water partition coefficient (Wildman–Crippen LogP) is 1.15. The van der Waals surface area contributed by atoms with Crippen molar-refractivity contribution in [3.63, 3.8) is 0 Å². The average Bonchev–Trinajstić information content (AvgIpc) is 2.90. The van der Waals surface area contributed by atoms with Crippen LogP contribution in [0.1, 0.15) is 16.8 Å². The molecule has 1 atom stereocenters. The van der Waals surface area contributed by atoms with E-state index in [0.29, 0.717) is 13.0 Å². The molecule has 0 radical (unpaired) electrons. The molecule has 21 heavy (non-hydrogen) atoms. The monoisotopic (exact) mass is 336 g/mol. The lowest BCUT2D eigenvalue weighted by molar-refractivity contribution is 0.0696. The summed E-state index contributed by atoms with van der Waals surface area (Å²) in [7, 11) is -3.96. The van der Waals surface area contributed by atoms with Gasteiger partial charge in [0.1, 0.15) is 5.82 Å². The van der Waals surface area contributed by atoms with E-state index in [4.69, 9.17) is 22.4 Å². The van der Waals surface area contributed by atoms with Gasteiger partial charge < -0.3 is 10.8 Å². The molecular weight excluding hydrogens is 323 g/mol. The Balaban J connectivity index is 2.44. The van der Waals surface area contributed by atoms with Gasteiger partial charge in [-0.1, -0.05) is 11.6 Å². The Hall–Kier alpha value is -1.22. The second kappa shape index (κ2) is 5.88. The van der Waals surface area contributed by atoms with Crippen molar-refractivity contribution in [2.75, 3.05) is 19.6 Å². The molecule has 1 aromatic carbocycles. The topological polar surface area (TPSA) is 101 Å². The number of benzene rings is 1. The van der Waals surface area contributed by atoms with E-state index in [1.807, 2.05) is 0 Å². The third-order valence-electron chi connectivity index (χ3n) is 3.45. The van der Waals surface area contributed by atoms with E-state index in [1.165, 1.54) is 4.31 Å². The number of carbonyl (C=O) groups is 1. The highest BCUT2D eigenvalue weighted by molar-refractivity contribution is 7.89. The molecule has 0 amide bonds. The summed E-state index contributed by atoms with van der Waals surface area (Å²) in [6, 6.07) is 1.61. The van der Waals surface area contributed by atoms with Crippen LogP contribution in [0.25, 0.3) is 0 Å². The van der Waals surface area contributed by atoms with Gasteiger partial charge in [-0.2, -0.15) is 4.31 Å². The van der Waals surface area contributed by atoms with Crippen LogP contribution in [0, 0.1) is 11.7 Å². The minimum Gasteiger partial charge on any atom is -0.478 e. The highest BCUT2D eigenvalue weighted by Gasteiger charge is 2.33. The van der Waals surface area contributed by atoms with Crippen LogP contribution in [-0.2, 0) is 10.0 Å². The summed E-state index contributed by atoms with van der Waals surface area (Å²) in [5, 5.41) is 8.34. The molecule has 0 aromatic heterocycles. The zero-order chi connectivity index (χ0) is 15.8. The number of hydrogen-bond acceptors (Lipinski definition) is 4. The van der Waals surface area contributed by atoms with Crippen molar-refractivity contribution in [3.05, 3.63) is 28.5 Å². The summed E-state index contributed by atoms with van der Waals surface area (Å²) in [6.07, 6.45) is 0.623. The first-order valence-corrected chi connectivity index (χ1v) is 8.01. The molecule has 1 aromatic rings. The van der Waals surface area contributed by atoms with E-state index in [0.717, 1.165) is 12.1 Å². The first-order chi connectivity index (χ1) is 9.77. The highest BCUT2D eigenvalue weighted by atomic mass is 35.5. The number of carboxylic acid groups (broad SMARTS) is 1. The zero-order valence-corrected chi connectivity index (χ0v) is 12.5. The molecule has 0 bridgehead atoms. The number of rotatable bonds is 4. The summed E-state index contributed by atoms with van der Waals surface area (Å²) < 4.78 is 39.7. The maximum absolute atomic E-state index is 13.7. The molecule has 1 fully saturated rings. The van der Waals surface area contributed by atoms with Gasteiger partial charge >= 0.3 is 5.97 Å². The number of hydrogen-bond donors (Lipinski definition) is 2. The smallest absolute Gasteiger partial charge is 0.337 e. The lowest BCUT2D eigenvalue weighted by atomic mass is 10.1. The standard InChI is InChI=1S/C12H14ClFN2O4S/c13-11-9(12(17)18)3-8(4-10(11)14)21(19,20)16-2-1-7(5-15)6-16/h3-4,7H,1-2,5-6,15H2,(H,17,18). The number of sulfonamides is 1. The molecule has 1 aliphatic rings. The Morgan fingerprint density at radius 3 is 2.71 bits per heavy atom. The normalized spacial score (nSPS) is 19.9. The molecule has 1 heterocycles. The van der Waals surface area contributed by atoms with Crippen LogP contribution < -0.4 is 5.73 Å². The Morgan fingerprint density at radius 2 is 2.19 bits per heavy atom. The molecule has 6 nitrogen and oxygen atoms in total. The van der Waals surface area contributed by atoms with Crippen LogP contribution in [-0.4, -0.2) is 43.4 Å². The molecule has 0 spiro atoms. The number of halogens is 2. The molecule has 0 aliphatic carbocycles. The Labute approximate surface area is 126 Å². The predicted molar refractivity (Wildman–Crippen MR) is 74.3 cm³/mol. The van der Waals surface area contributed by atoms with Crippen LogP contribution in [0.5, 0.6) is 0 Å². The van der Waals surface area contributed by atoms with E-state index in [2.05, 4.69) is 0 Å². The van der Waals surface area contributed by atoms with Crippen molar-refractivity contribution >= 4 is 27.6 Å². The van der Waals surface area contributed by atoms with Gasteiger partial charge in [-0.15, -0.1) is 0 Å². The molecule has 9 heteroatoms. The first kappa shape index (κ1) is 16.2. The van der Waals surface area contributed by atoms with Gasteiger partial charge in [0.15, 0.2) is 0 Å². The molecule has 3 N–H and O–H groups in total. The van der Waals surface area contributed by atoms with Gasteiger partial charge in [0.05, 0.1) is 15.5 Å². The van der Waals surface area contributed by atoms with E-state index >= 15 is 0 Å². The largest absolute Gasteiger partial charge is 0.478 e. The van der Waals surface area contributed by atoms with Crippen LogP contribution >= 0.6 is 11.6 Å². The minimum absolute atomic E-state index is 0.0517. The maximum Gasteiger partial charge on any atom is 0.337 e. The van der Waals surface area contributed by atoms with Crippen LogP contribution in [0.3, 0.4) is 0 Å². The lowest BCUT2D eigenvalue weighted by Crippen LogP contribution is -2.30. The molecular formula is C12H14ClFN2O4S. The Morgan fingerprint density at radius 1 is 1.52 bits per heavy atom. The number of nitrogens with zero attached hydrogens (tertiary/aromatic N) is 1. The molecule has 2 rings (SSSR count). The van der Waals surface area contributed by atoms with Crippen molar-refractivity contribution in [2.24, 2.45) is 11.7 Å². The van der Waals surface area contributed by atoms with E-state index in [-0.39, 0.29) is 19.0 Å². The quantitative estimate of drug-likeness (QED) is 0.859. The van der Waals surface area contributed by atoms with Gasteiger partial charge in [-0.25, -0.2) is 17.6 Å². The number of carboxylic acids is 1. The molecule has 1 unspecified atom stereocenters. The molecule has 1 aliphatic heterocycles. The van der Waals surface area contributed by atoms with Gasteiger partial charge in [0, 0.05) is 13.1 Å². The Kier molecular flexibility index (Phi) is 4.52. The number of aromatic carboxylic acids is 1. The summed E-state index contributed by atoms with van der Waals surface area (Å²) in [5.41, 5.74) is 4.93. The van der Waals surface area contributed by atoms with Gasteiger partial charge in [0.25, 0.3) is 0 Å². The van der Waals surface area contributed by atoms with E-state index in [9.17, 15) is 17.6 Å². The fraction of sp³-hybridized carbons (Fsp3) is 0.417. The van der Waals surface area contributed by atoms with Crippen LogP contribution in [0.4, 0.5) is 4.39 Å². The van der Waals surface area contributed by atoms with Gasteiger partial charge in [-0.05, 0) is 31.0 Å². The molecule has 116 valence electrons. The van der Waals surface area contributed by atoms with Crippen LogP contribution in [0.2, 0.25) is 5.02 Å². The van der Waals surface area contributed by atoms with Crippen molar-refractivity contribution in [1.82, 2.24) is 4.31 Å². The Bertz CT molecular complexity index is 680. The minimum atomic E-state index is -3.96. The average molecular weight is 337 g/mol. The highest BCUT2D eigenvalue weighted by Crippen LogP contribution is 2.28. The summed E-state index contributed by atoms with van der Waals surface area (Å²) in [5.74, 6) is -2.52. The van der Waals surface area contributed by atoms with Gasteiger partial charge in [-0.3, -0.25) is 0 Å². The second-order valence-corrected chi connectivity index (χ2v) is 7.14. The van der Waals surface area contributed by atoms with Gasteiger partial charge in [0.2, 0.25) is 10.0 Å². The van der Waals surface area contributed by atoms with E-state index in [1.54, 1.807) is 0 Å². The molecule has 0 saturated carbocycles. The SMILES string of the molecule is NCC1CCN(S(=O)(=O)c2cc(F)c(Cl)c(C(=O)O)c2)C1. The third kappa shape index (κ3) is 3.03. The van der Waals surface area contributed by atoms with Crippen molar-refractivity contribution in [3.8, 4) is 0 Å². The maximum atomic E-state index is 13.7. The fourth-order valence-electron chi connectivity index (χ4n) is 2.23. The second-order valence-electron chi connectivity index (χ2n) is 4.83. The zero-order valence-electron chi connectivity index (χ0n) is 10.9. The van der Waals surface area contributed by atoms with Crippen molar-refractivity contribution in [1.29, 1.82) is 0 Å². The number of nitrogens with two attached hydrogens (primary N) is 1. The van der Waals surface area contributed by atoms with Crippen molar-refractivity contribution in [2.45, 2.75) is 11.3 Å². The fourth-order valence-corrected chi connectivity index (χ4v) is 3.99. The van der Waals surface area contributed by atoms with Crippen molar-refractivity contribution < 1.29 is 22.7 Å². The molecule has 1 saturated heterocycles. The van der Waals surface area contributed by atoms with Crippen LogP contribution in [0.15, 0.2) is 17.0 Å².